The molecule has 0 bridgehead atoms. The van der Waals surface area contributed by atoms with Crippen LogP contribution in [-0.4, -0.2) is 11.2 Å². The smallest absolute Gasteiger partial charge is 0.0911 e. The minimum absolute atomic E-state index is 0.114. The van der Waals surface area contributed by atoms with E-state index in [4.69, 9.17) is 5.26 Å². The van der Waals surface area contributed by atoms with E-state index < -0.39 is 0 Å². The highest BCUT2D eigenvalue weighted by atomic mass is 16.3. The van der Waals surface area contributed by atoms with Gasteiger partial charge in [0.1, 0.15) is 0 Å². The summed E-state index contributed by atoms with van der Waals surface area (Å²) in [7, 11) is 0. The summed E-state index contributed by atoms with van der Waals surface area (Å²) in [6.45, 7) is 4.90. The van der Waals surface area contributed by atoms with Gasteiger partial charge in [0, 0.05) is 6.08 Å². The third-order valence-electron chi connectivity index (χ3n) is 8.16. The van der Waals surface area contributed by atoms with Crippen LogP contribution in [-0.2, 0) is 0 Å². The number of hydrogen-bond acceptors (Lipinski definition) is 2. The Hall–Kier alpha value is -1.07. The molecule has 1 N–H and O–H groups in total. The van der Waals surface area contributed by atoms with Gasteiger partial charge in [0.15, 0.2) is 0 Å². The highest BCUT2D eigenvalue weighted by molar-refractivity contribution is 5.31. The number of hydrogen-bond donors (Lipinski definition) is 1. The third kappa shape index (κ3) is 2.09. The standard InChI is InChI=1S/C21H29NO/c1-20-11-8-19-17(18(20)6-4-14(20)9-12-22)5-3-15-13-16(23)7-10-21(15,19)2/h3,9,16-19,23H,4-8,10-11,13H2,1-2H3/t16-,17?,18?,19?,20+,21-/m0/s1. The summed E-state index contributed by atoms with van der Waals surface area (Å²) >= 11 is 0. The predicted octanol–water partition coefficient (Wildman–Crippen LogP) is 4.76. The average Bonchev–Trinajstić information content (AvgIpc) is 2.85. The lowest BCUT2D eigenvalue weighted by Crippen LogP contribution is -2.49. The monoisotopic (exact) mass is 311 g/mol. The van der Waals surface area contributed by atoms with Gasteiger partial charge in [-0.1, -0.05) is 31.1 Å². The van der Waals surface area contributed by atoms with Crippen molar-refractivity contribution in [3.63, 3.8) is 0 Å². The van der Waals surface area contributed by atoms with E-state index in [-0.39, 0.29) is 11.5 Å². The van der Waals surface area contributed by atoms with E-state index in [9.17, 15) is 5.11 Å². The summed E-state index contributed by atoms with van der Waals surface area (Å²) in [4.78, 5) is 0. The van der Waals surface area contributed by atoms with E-state index in [1.165, 1.54) is 31.3 Å². The first kappa shape index (κ1) is 15.5. The molecule has 3 unspecified atom stereocenters. The molecule has 0 spiro atoms. The van der Waals surface area contributed by atoms with Crippen LogP contribution in [0.4, 0.5) is 0 Å². The van der Waals surface area contributed by atoms with Crippen LogP contribution in [0.3, 0.4) is 0 Å². The summed E-state index contributed by atoms with van der Waals surface area (Å²) in [6.07, 6.45) is 13.4. The first-order valence-electron chi connectivity index (χ1n) is 9.46. The Morgan fingerprint density at radius 2 is 1.91 bits per heavy atom. The summed E-state index contributed by atoms with van der Waals surface area (Å²) in [5.41, 5.74) is 3.56. The second kappa shape index (κ2) is 5.21. The molecule has 0 saturated heterocycles. The fourth-order valence-electron chi connectivity index (χ4n) is 6.80. The van der Waals surface area contributed by atoms with Crippen molar-refractivity contribution in [2.45, 2.75) is 71.3 Å². The maximum Gasteiger partial charge on any atom is 0.0911 e. The van der Waals surface area contributed by atoms with Gasteiger partial charge >= 0.3 is 0 Å². The van der Waals surface area contributed by atoms with Crippen molar-refractivity contribution in [2.75, 3.05) is 0 Å². The minimum atomic E-state index is -0.114. The van der Waals surface area contributed by atoms with Gasteiger partial charge in [-0.2, -0.15) is 5.26 Å². The van der Waals surface area contributed by atoms with Crippen LogP contribution in [0.2, 0.25) is 0 Å². The van der Waals surface area contributed by atoms with Crippen LogP contribution in [0, 0.1) is 39.9 Å². The van der Waals surface area contributed by atoms with Gasteiger partial charge in [0.25, 0.3) is 0 Å². The van der Waals surface area contributed by atoms with E-state index in [0.717, 1.165) is 43.4 Å². The number of fused-ring (bicyclic) bond motifs is 5. The Kier molecular flexibility index (Phi) is 3.50. The number of allylic oxidation sites excluding steroid dienone is 3. The molecule has 0 radical (unpaired) electrons. The van der Waals surface area contributed by atoms with Gasteiger partial charge in [0.05, 0.1) is 12.2 Å². The zero-order valence-corrected chi connectivity index (χ0v) is 14.5. The van der Waals surface area contributed by atoms with Crippen LogP contribution in [0.15, 0.2) is 23.3 Å². The van der Waals surface area contributed by atoms with Gasteiger partial charge < -0.3 is 5.11 Å². The van der Waals surface area contributed by atoms with E-state index in [2.05, 4.69) is 26.0 Å². The largest absolute Gasteiger partial charge is 0.393 e. The molecule has 124 valence electrons. The van der Waals surface area contributed by atoms with Crippen molar-refractivity contribution in [3.05, 3.63) is 23.3 Å². The molecule has 0 aromatic heterocycles. The van der Waals surface area contributed by atoms with Crippen LogP contribution < -0.4 is 0 Å². The first-order chi connectivity index (χ1) is 11.0. The quantitative estimate of drug-likeness (QED) is 0.518. The van der Waals surface area contributed by atoms with Gasteiger partial charge in [-0.05, 0) is 80.0 Å². The van der Waals surface area contributed by atoms with Crippen molar-refractivity contribution in [2.24, 2.45) is 28.6 Å². The fourth-order valence-corrected chi connectivity index (χ4v) is 6.80. The topological polar surface area (TPSA) is 44.0 Å². The highest BCUT2D eigenvalue weighted by Crippen LogP contribution is 2.66. The molecule has 0 amide bonds. The molecule has 0 heterocycles. The number of nitriles is 1. The molecule has 0 aliphatic heterocycles. The summed E-state index contributed by atoms with van der Waals surface area (Å²) in [5, 5.41) is 19.2. The van der Waals surface area contributed by atoms with Crippen LogP contribution in [0.1, 0.15) is 65.2 Å². The predicted molar refractivity (Wildman–Crippen MR) is 91.4 cm³/mol. The lowest BCUT2D eigenvalue weighted by molar-refractivity contribution is -0.0268. The molecule has 6 atom stereocenters. The highest BCUT2D eigenvalue weighted by Gasteiger charge is 2.57. The van der Waals surface area contributed by atoms with E-state index in [0.29, 0.717) is 5.41 Å². The second-order valence-corrected chi connectivity index (χ2v) is 8.95. The molecule has 4 rings (SSSR count). The maximum atomic E-state index is 10.1. The molecule has 2 heteroatoms. The van der Waals surface area contributed by atoms with Gasteiger partial charge in [-0.15, -0.1) is 0 Å². The number of aliphatic hydroxyl groups excluding tert-OH is 1. The van der Waals surface area contributed by atoms with Crippen LogP contribution >= 0.6 is 0 Å². The molecule has 3 fully saturated rings. The van der Waals surface area contributed by atoms with Crippen molar-refractivity contribution in [1.82, 2.24) is 0 Å². The van der Waals surface area contributed by atoms with E-state index in [1.807, 2.05) is 6.08 Å². The number of rotatable bonds is 0. The molecule has 0 aromatic rings. The lowest BCUT2D eigenvalue weighted by Gasteiger charge is -2.57. The molecule has 2 nitrogen and oxygen atoms in total. The fraction of sp³-hybridized carbons (Fsp3) is 0.762. The second-order valence-electron chi connectivity index (χ2n) is 8.95. The molecule has 4 aliphatic carbocycles. The maximum absolute atomic E-state index is 10.1. The van der Waals surface area contributed by atoms with Crippen molar-refractivity contribution >= 4 is 0 Å². The number of nitrogens with zero attached hydrogens (tertiary/aromatic N) is 1. The molecular formula is C21H29NO. The summed E-state index contributed by atoms with van der Waals surface area (Å²) in [6, 6.07) is 2.30. The summed E-state index contributed by atoms with van der Waals surface area (Å²) < 4.78 is 0. The number of aliphatic hydroxyl groups is 1. The van der Waals surface area contributed by atoms with E-state index in [1.54, 1.807) is 5.57 Å². The third-order valence-corrected chi connectivity index (χ3v) is 8.16. The Bertz CT molecular complexity index is 612. The van der Waals surface area contributed by atoms with Crippen molar-refractivity contribution in [1.29, 1.82) is 5.26 Å². The van der Waals surface area contributed by atoms with Crippen LogP contribution in [0.5, 0.6) is 0 Å². The molecule has 23 heavy (non-hydrogen) atoms. The molecule has 4 aliphatic rings. The SMILES string of the molecule is C[C@]12CC[C@H](O)CC1=CCC1C2CC[C@]2(C)C(=CC#N)CCC12. The zero-order valence-electron chi connectivity index (χ0n) is 14.5. The molecule has 0 aromatic carbocycles. The van der Waals surface area contributed by atoms with Crippen molar-refractivity contribution < 1.29 is 5.11 Å². The van der Waals surface area contributed by atoms with Gasteiger partial charge in [-0.25, -0.2) is 0 Å². The Morgan fingerprint density at radius 1 is 1.17 bits per heavy atom. The lowest BCUT2D eigenvalue weighted by atomic mass is 9.48. The average molecular weight is 311 g/mol. The van der Waals surface area contributed by atoms with Crippen LogP contribution in [0.25, 0.3) is 0 Å². The van der Waals surface area contributed by atoms with Gasteiger partial charge in [0.2, 0.25) is 0 Å². The zero-order chi connectivity index (χ0) is 16.2. The summed E-state index contributed by atoms with van der Waals surface area (Å²) in [5.74, 6) is 2.32. The van der Waals surface area contributed by atoms with Gasteiger partial charge in [-0.3, -0.25) is 0 Å². The minimum Gasteiger partial charge on any atom is -0.393 e. The Labute approximate surface area is 140 Å². The Balaban J connectivity index is 1.68. The Morgan fingerprint density at radius 3 is 2.70 bits per heavy atom. The van der Waals surface area contributed by atoms with E-state index >= 15 is 0 Å². The first-order valence-corrected chi connectivity index (χ1v) is 9.46. The normalized spacial score (nSPS) is 50.5. The molecular weight excluding hydrogens is 282 g/mol. The molecule has 3 saturated carbocycles. The van der Waals surface area contributed by atoms with Crippen molar-refractivity contribution in [3.8, 4) is 6.07 Å².